The van der Waals surface area contributed by atoms with Gasteiger partial charge in [-0.3, -0.25) is 9.59 Å². The molecule has 0 fully saturated rings. The third-order valence-corrected chi connectivity index (χ3v) is 6.60. The van der Waals surface area contributed by atoms with E-state index in [1.165, 1.54) is 27.2 Å². The number of hydrogen-bond donors (Lipinski definition) is 3. The molecule has 9 nitrogen and oxygen atoms in total. The van der Waals surface area contributed by atoms with Gasteiger partial charge >= 0.3 is 5.97 Å². The fourth-order valence-corrected chi connectivity index (χ4v) is 4.92. The molecule has 0 heterocycles. The first-order valence-electron chi connectivity index (χ1n) is 12.1. The summed E-state index contributed by atoms with van der Waals surface area (Å²) in [5, 5.41) is 15.7. The van der Waals surface area contributed by atoms with Crippen LogP contribution in [0.5, 0.6) is 17.2 Å². The molecule has 4 rings (SSSR count). The van der Waals surface area contributed by atoms with Gasteiger partial charge in [0.05, 0.1) is 33.1 Å². The predicted molar refractivity (Wildman–Crippen MR) is 143 cm³/mol. The molecule has 1 aliphatic rings. The van der Waals surface area contributed by atoms with Crippen LogP contribution in [-0.2, 0) is 16.0 Å². The van der Waals surface area contributed by atoms with Gasteiger partial charge in [0.1, 0.15) is 0 Å². The van der Waals surface area contributed by atoms with Gasteiger partial charge in [-0.25, -0.2) is 4.79 Å². The number of aryl methyl sites for hydroxylation is 1. The minimum atomic E-state index is -1.14. The standard InChI is InChI=1S/C29H30N2O7/c1-16(32)30-21-12-10-18-14-24(36-2)27(37-3)28(38-4)25(18)19-11-13-22(23(33)15-20(19)21)31-26(29(34)35)17-8-6-5-7-9-17/h5-9,11,13-15,21,26H,10,12H2,1-4H3,(H,30,32)(H,31,33)(H,34,35)/t21-,26-/m1/s1. The van der Waals surface area contributed by atoms with Gasteiger partial charge in [-0.05, 0) is 53.3 Å². The van der Waals surface area contributed by atoms with Crippen LogP contribution in [0.15, 0.2) is 59.4 Å². The van der Waals surface area contributed by atoms with E-state index in [2.05, 4.69) is 10.6 Å². The van der Waals surface area contributed by atoms with Gasteiger partial charge in [0.15, 0.2) is 17.5 Å². The molecule has 0 unspecified atom stereocenters. The molecule has 0 saturated carbocycles. The number of methoxy groups -OCH3 is 3. The first kappa shape index (κ1) is 26.5. The number of carbonyl (C=O) groups is 2. The van der Waals surface area contributed by atoms with Crippen molar-refractivity contribution in [3.05, 3.63) is 81.5 Å². The van der Waals surface area contributed by atoms with Crippen molar-refractivity contribution in [3.8, 4) is 28.4 Å². The number of anilines is 1. The van der Waals surface area contributed by atoms with Crippen molar-refractivity contribution in [1.29, 1.82) is 0 Å². The number of carboxylic acids is 1. The molecule has 9 heteroatoms. The molecule has 1 amide bonds. The number of hydrogen-bond acceptors (Lipinski definition) is 7. The van der Waals surface area contributed by atoms with Crippen LogP contribution < -0.4 is 30.3 Å². The maximum absolute atomic E-state index is 13.5. The molecule has 38 heavy (non-hydrogen) atoms. The average Bonchev–Trinajstić information content (AvgIpc) is 3.14. The summed E-state index contributed by atoms with van der Waals surface area (Å²) in [5.74, 6) is -0.0146. The second-order valence-electron chi connectivity index (χ2n) is 8.92. The van der Waals surface area contributed by atoms with E-state index < -0.39 is 23.5 Å². The van der Waals surface area contributed by atoms with Crippen LogP contribution in [0, 0.1) is 0 Å². The number of carboxylic acid groups (broad SMARTS) is 1. The Morgan fingerprint density at radius 1 is 0.974 bits per heavy atom. The topological polar surface area (TPSA) is 123 Å². The minimum Gasteiger partial charge on any atom is -0.493 e. The van der Waals surface area contributed by atoms with E-state index in [1.54, 1.807) is 49.6 Å². The first-order valence-corrected chi connectivity index (χ1v) is 12.1. The highest BCUT2D eigenvalue weighted by Gasteiger charge is 2.30. The van der Waals surface area contributed by atoms with Crippen molar-refractivity contribution in [2.75, 3.05) is 26.6 Å². The zero-order valence-electron chi connectivity index (χ0n) is 21.7. The van der Waals surface area contributed by atoms with Crippen LogP contribution in [-0.4, -0.2) is 38.3 Å². The summed E-state index contributed by atoms with van der Waals surface area (Å²) in [7, 11) is 4.59. The molecule has 3 N–H and O–H groups in total. The fourth-order valence-electron chi connectivity index (χ4n) is 4.92. The summed E-state index contributed by atoms with van der Waals surface area (Å²) in [5.41, 5.74) is 3.07. The smallest absolute Gasteiger partial charge is 0.330 e. The van der Waals surface area contributed by atoms with E-state index in [0.29, 0.717) is 52.3 Å². The molecular formula is C29H30N2O7. The summed E-state index contributed by atoms with van der Waals surface area (Å²) < 4.78 is 16.9. The predicted octanol–water partition coefficient (Wildman–Crippen LogP) is 4.10. The van der Waals surface area contributed by atoms with E-state index in [0.717, 1.165) is 5.56 Å². The third-order valence-electron chi connectivity index (χ3n) is 6.60. The Bertz CT molecular complexity index is 1420. The van der Waals surface area contributed by atoms with E-state index >= 15 is 0 Å². The molecule has 0 saturated heterocycles. The molecule has 3 aromatic rings. The van der Waals surface area contributed by atoms with Crippen molar-refractivity contribution in [2.24, 2.45) is 0 Å². The number of amides is 1. The zero-order chi connectivity index (χ0) is 27.4. The Labute approximate surface area is 220 Å². The van der Waals surface area contributed by atoms with Crippen LogP contribution in [0.25, 0.3) is 11.1 Å². The van der Waals surface area contributed by atoms with Gasteiger partial charge in [0.2, 0.25) is 17.1 Å². The second kappa shape index (κ2) is 11.2. The van der Waals surface area contributed by atoms with Gasteiger partial charge < -0.3 is 30.0 Å². The number of aliphatic carboxylic acids is 1. The van der Waals surface area contributed by atoms with Crippen molar-refractivity contribution in [1.82, 2.24) is 5.32 Å². The van der Waals surface area contributed by atoms with Crippen molar-refractivity contribution >= 4 is 17.6 Å². The normalized spacial score (nSPS) is 14.7. The molecule has 2 atom stereocenters. The van der Waals surface area contributed by atoms with E-state index in [-0.39, 0.29) is 11.6 Å². The second-order valence-corrected chi connectivity index (χ2v) is 8.92. The van der Waals surface area contributed by atoms with Crippen LogP contribution in [0.1, 0.15) is 42.1 Å². The summed E-state index contributed by atoms with van der Waals surface area (Å²) >= 11 is 0. The van der Waals surface area contributed by atoms with E-state index in [1.807, 2.05) is 6.07 Å². The lowest BCUT2D eigenvalue weighted by molar-refractivity contribution is -0.138. The third kappa shape index (κ3) is 5.13. The Balaban J connectivity index is 1.96. The average molecular weight is 519 g/mol. The summed E-state index contributed by atoms with van der Waals surface area (Å²) in [6, 6.07) is 13.7. The zero-order valence-corrected chi connectivity index (χ0v) is 21.7. The molecule has 0 radical (unpaired) electrons. The molecule has 3 aromatic carbocycles. The highest BCUT2D eigenvalue weighted by atomic mass is 16.5. The largest absolute Gasteiger partial charge is 0.493 e. The number of rotatable bonds is 8. The highest BCUT2D eigenvalue weighted by molar-refractivity contribution is 5.84. The van der Waals surface area contributed by atoms with Crippen molar-refractivity contribution in [3.63, 3.8) is 0 Å². The van der Waals surface area contributed by atoms with Gasteiger partial charge in [-0.2, -0.15) is 0 Å². The number of ether oxygens (including phenoxy) is 3. The molecule has 0 aliphatic heterocycles. The quantitative estimate of drug-likeness (QED) is 0.407. The Morgan fingerprint density at radius 2 is 1.68 bits per heavy atom. The van der Waals surface area contributed by atoms with Gasteiger partial charge in [-0.1, -0.05) is 36.4 Å². The van der Waals surface area contributed by atoms with Crippen LogP contribution in [0.2, 0.25) is 0 Å². The maximum Gasteiger partial charge on any atom is 0.330 e. The van der Waals surface area contributed by atoms with Crippen LogP contribution in [0.4, 0.5) is 5.69 Å². The Kier molecular flexibility index (Phi) is 7.85. The van der Waals surface area contributed by atoms with E-state index in [9.17, 15) is 19.5 Å². The highest BCUT2D eigenvalue weighted by Crippen LogP contribution is 2.50. The van der Waals surface area contributed by atoms with Gasteiger partial charge in [-0.15, -0.1) is 0 Å². The number of benzene rings is 2. The maximum atomic E-state index is 13.5. The van der Waals surface area contributed by atoms with Crippen molar-refractivity contribution < 1.29 is 28.9 Å². The summed E-state index contributed by atoms with van der Waals surface area (Å²) in [6.45, 7) is 1.43. The first-order chi connectivity index (χ1) is 18.3. The Morgan fingerprint density at radius 3 is 2.29 bits per heavy atom. The van der Waals surface area contributed by atoms with Crippen LogP contribution in [0.3, 0.4) is 0 Å². The molecule has 0 bridgehead atoms. The minimum absolute atomic E-state index is 0.108. The number of carbonyl (C=O) groups excluding carboxylic acids is 1. The number of fused-ring (bicyclic) bond motifs is 3. The molecule has 1 aliphatic carbocycles. The van der Waals surface area contributed by atoms with Gasteiger partial charge in [0.25, 0.3) is 0 Å². The molecule has 198 valence electrons. The van der Waals surface area contributed by atoms with E-state index in [4.69, 9.17) is 14.2 Å². The van der Waals surface area contributed by atoms with Crippen LogP contribution >= 0.6 is 0 Å². The Hall–Kier alpha value is -4.53. The molecular weight excluding hydrogens is 488 g/mol. The molecule has 0 spiro atoms. The monoisotopic (exact) mass is 518 g/mol. The SMILES string of the molecule is COc1cc2c(c(OC)c1OC)-c1ccc(N[C@@H](C(=O)O)c3ccccc3)c(=O)cc1[C@H](NC(C)=O)CC2. The van der Waals surface area contributed by atoms with Gasteiger partial charge in [0, 0.05) is 12.5 Å². The lowest BCUT2D eigenvalue weighted by atomic mass is 9.95. The summed E-state index contributed by atoms with van der Waals surface area (Å²) in [4.78, 5) is 37.7. The summed E-state index contributed by atoms with van der Waals surface area (Å²) in [6.07, 6.45) is 1.09. The van der Waals surface area contributed by atoms with Crippen molar-refractivity contribution in [2.45, 2.75) is 31.8 Å². The molecule has 0 aromatic heterocycles. The number of nitrogens with one attached hydrogen (secondary N) is 2. The lowest BCUT2D eigenvalue weighted by Gasteiger charge is -2.19. The lowest BCUT2D eigenvalue weighted by Crippen LogP contribution is -2.27. The fraction of sp³-hybridized carbons (Fsp3) is 0.276.